The van der Waals surface area contributed by atoms with E-state index in [2.05, 4.69) is 4.98 Å². The molecule has 8 heteroatoms. The van der Waals surface area contributed by atoms with Crippen molar-refractivity contribution < 1.29 is 14.8 Å². The molecule has 1 fully saturated rings. The molecule has 1 aromatic heterocycles. The smallest absolute Gasteiger partial charge is 0.311 e. The lowest BCUT2D eigenvalue weighted by molar-refractivity contribution is -0.384. The molecule has 0 bridgehead atoms. The van der Waals surface area contributed by atoms with Gasteiger partial charge in [-0.2, -0.15) is 0 Å². The lowest BCUT2D eigenvalue weighted by atomic mass is 9.98. The maximum atomic E-state index is 10.8. The standard InChI is InChI=1S/C13H18N4O4/c14-13-10(17(20)21)5-6-11(15-13)16-8-2-1-3-9(16)4-7-12(18)19/h5-6,9H,1-4,7-8H2,(H2,14,15)(H,18,19). The molecule has 1 aliphatic rings. The van der Waals surface area contributed by atoms with Gasteiger partial charge in [-0.25, -0.2) is 4.98 Å². The molecule has 8 nitrogen and oxygen atoms in total. The average molecular weight is 294 g/mol. The molecule has 1 aliphatic heterocycles. The third-order valence-corrected chi connectivity index (χ3v) is 3.70. The van der Waals surface area contributed by atoms with E-state index in [1.54, 1.807) is 6.07 Å². The monoisotopic (exact) mass is 294 g/mol. The Labute approximate surface area is 121 Å². The minimum atomic E-state index is -0.823. The van der Waals surface area contributed by atoms with Crippen LogP contribution in [0.3, 0.4) is 0 Å². The van der Waals surface area contributed by atoms with Gasteiger partial charge in [0.1, 0.15) is 5.82 Å². The Kier molecular flexibility index (Phi) is 4.56. The van der Waals surface area contributed by atoms with Gasteiger partial charge in [0.25, 0.3) is 0 Å². The van der Waals surface area contributed by atoms with E-state index < -0.39 is 10.9 Å². The van der Waals surface area contributed by atoms with Gasteiger partial charge < -0.3 is 15.7 Å². The molecule has 0 spiro atoms. The summed E-state index contributed by atoms with van der Waals surface area (Å²) in [5.41, 5.74) is 5.41. The van der Waals surface area contributed by atoms with Crippen LogP contribution in [0.5, 0.6) is 0 Å². The molecule has 0 aliphatic carbocycles. The van der Waals surface area contributed by atoms with Crippen LogP contribution in [0.15, 0.2) is 12.1 Å². The highest BCUT2D eigenvalue weighted by Gasteiger charge is 2.25. The van der Waals surface area contributed by atoms with Crippen LogP contribution >= 0.6 is 0 Å². The Morgan fingerprint density at radius 1 is 1.52 bits per heavy atom. The largest absolute Gasteiger partial charge is 0.481 e. The lowest BCUT2D eigenvalue weighted by Gasteiger charge is -2.36. The van der Waals surface area contributed by atoms with Crippen LogP contribution in [-0.4, -0.2) is 33.6 Å². The first-order valence-electron chi connectivity index (χ1n) is 6.88. The number of carbonyl (C=O) groups is 1. The summed E-state index contributed by atoms with van der Waals surface area (Å²) in [5.74, 6) is -0.357. The van der Waals surface area contributed by atoms with Crippen LogP contribution in [0, 0.1) is 10.1 Å². The summed E-state index contributed by atoms with van der Waals surface area (Å²) >= 11 is 0. The van der Waals surface area contributed by atoms with Crippen LogP contribution < -0.4 is 10.6 Å². The number of carboxylic acid groups (broad SMARTS) is 1. The number of aromatic nitrogens is 1. The molecular weight excluding hydrogens is 276 g/mol. The number of aliphatic carboxylic acids is 1. The predicted octanol–water partition coefficient (Wildman–Crippen LogP) is 1.80. The Balaban J connectivity index is 2.18. The van der Waals surface area contributed by atoms with Crippen molar-refractivity contribution in [2.75, 3.05) is 17.2 Å². The first kappa shape index (κ1) is 15.0. The number of pyridine rings is 1. The topological polar surface area (TPSA) is 123 Å². The van der Waals surface area contributed by atoms with Crippen LogP contribution in [-0.2, 0) is 4.79 Å². The molecule has 1 saturated heterocycles. The number of nitrogens with zero attached hydrogens (tertiary/aromatic N) is 3. The Hall–Kier alpha value is -2.38. The van der Waals surface area contributed by atoms with Gasteiger partial charge in [0, 0.05) is 25.1 Å². The maximum Gasteiger partial charge on any atom is 0.311 e. The van der Waals surface area contributed by atoms with E-state index in [1.165, 1.54) is 6.07 Å². The summed E-state index contributed by atoms with van der Waals surface area (Å²) in [7, 11) is 0. The highest BCUT2D eigenvalue weighted by molar-refractivity contribution is 5.66. The van der Waals surface area contributed by atoms with Crippen LogP contribution in [0.1, 0.15) is 32.1 Å². The molecule has 0 saturated carbocycles. The van der Waals surface area contributed by atoms with Crippen molar-refractivity contribution in [1.82, 2.24) is 4.98 Å². The highest BCUT2D eigenvalue weighted by Crippen LogP contribution is 2.29. The Bertz CT molecular complexity index is 549. The van der Waals surface area contributed by atoms with Crippen molar-refractivity contribution in [3.8, 4) is 0 Å². The number of carboxylic acids is 1. The summed E-state index contributed by atoms with van der Waals surface area (Å²) in [6, 6.07) is 3.01. The number of hydrogen-bond donors (Lipinski definition) is 2. The predicted molar refractivity (Wildman–Crippen MR) is 77.2 cm³/mol. The van der Waals surface area contributed by atoms with E-state index in [9.17, 15) is 14.9 Å². The number of nitrogen functional groups attached to an aromatic ring is 1. The van der Waals surface area contributed by atoms with Crippen molar-refractivity contribution in [2.45, 2.75) is 38.1 Å². The second-order valence-corrected chi connectivity index (χ2v) is 5.11. The molecule has 0 aromatic carbocycles. The normalized spacial score (nSPS) is 18.5. The fourth-order valence-electron chi connectivity index (χ4n) is 2.66. The van der Waals surface area contributed by atoms with Crippen LogP contribution in [0.25, 0.3) is 0 Å². The van der Waals surface area contributed by atoms with Gasteiger partial charge >= 0.3 is 11.7 Å². The quantitative estimate of drug-likeness (QED) is 0.626. The molecule has 21 heavy (non-hydrogen) atoms. The molecule has 2 rings (SSSR count). The van der Waals surface area contributed by atoms with Crippen molar-refractivity contribution >= 4 is 23.3 Å². The molecule has 0 amide bonds. The maximum absolute atomic E-state index is 10.8. The fraction of sp³-hybridized carbons (Fsp3) is 0.538. The second kappa shape index (κ2) is 6.38. The Morgan fingerprint density at radius 3 is 2.90 bits per heavy atom. The van der Waals surface area contributed by atoms with Gasteiger partial charge in [0.05, 0.1) is 4.92 Å². The van der Waals surface area contributed by atoms with E-state index in [-0.39, 0.29) is 24.0 Å². The molecule has 3 N–H and O–H groups in total. The third-order valence-electron chi connectivity index (χ3n) is 3.70. The third kappa shape index (κ3) is 3.59. The SMILES string of the molecule is Nc1nc(N2CCCCC2CCC(=O)O)ccc1[N+](=O)[O-]. The molecule has 2 heterocycles. The van der Waals surface area contributed by atoms with Gasteiger partial charge in [-0.3, -0.25) is 14.9 Å². The minimum absolute atomic E-state index is 0.0863. The van der Waals surface area contributed by atoms with Gasteiger partial charge in [-0.1, -0.05) is 0 Å². The van der Waals surface area contributed by atoms with Gasteiger partial charge in [0.15, 0.2) is 0 Å². The molecule has 1 atom stereocenters. The summed E-state index contributed by atoms with van der Waals surface area (Å²) in [5, 5.41) is 19.6. The summed E-state index contributed by atoms with van der Waals surface area (Å²) < 4.78 is 0. The summed E-state index contributed by atoms with van der Waals surface area (Å²) in [6.07, 6.45) is 3.56. The zero-order valence-corrected chi connectivity index (χ0v) is 11.6. The molecular formula is C13H18N4O4. The van der Waals surface area contributed by atoms with Crippen LogP contribution in [0.4, 0.5) is 17.3 Å². The van der Waals surface area contributed by atoms with E-state index >= 15 is 0 Å². The van der Waals surface area contributed by atoms with E-state index in [0.29, 0.717) is 12.2 Å². The molecule has 1 aromatic rings. The van der Waals surface area contributed by atoms with Crippen molar-refractivity contribution in [2.24, 2.45) is 0 Å². The zero-order chi connectivity index (χ0) is 15.4. The summed E-state index contributed by atoms with van der Waals surface area (Å²) in [6.45, 7) is 0.758. The number of anilines is 2. The van der Waals surface area contributed by atoms with Crippen molar-refractivity contribution in [3.05, 3.63) is 22.2 Å². The van der Waals surface area contributed by atoms with Crippen molar-refractivity contribution in [1.29, 1.82) is 0 Å². The van der Waals surface area contributed by atoms with Gasteiger partial charge in [0.2, 0.25) is 5.82 Å². The first-order valence-corrected chi connectivity index (χ1v) is 6.88. The van der Waals surface area contributed by atoms with Crippen molar-refractivity contribution in [3.63, 3.8) is 0 Å². The van der Waals surface area contributed by atoms with E-state index in [0.717, 1.165) is 25.8 Å². The zero-order valence-electron chi connectivity index (χ0n) is 11.6. The number of rotatable bonds is 5. The highest BCUT2D eigenvalue weighted by atomic mass is 16.6. The van der Waals surface area contributed by atoms with E-state index in [4.69, 9.17) is 10.8 Å². The number of nitrogens with two attached hydrogens (primary N) is 1. The van der Waals surface area contributed by atoms with Gasteiger partial charge in [-0.05, 0) is 31.7 Å². The Morgan fingerprint density at radius 2 is 2.29 bits per heavy atom. The fourth-order valence-corrected chi connectivity index (χ4v) is 2.66. The summed E-state index contributed by atoms with van der Waals surface area (Å²) in [4.78, 5) is 27.0. The molecule has 0 radical (unpaired) electrons. The lowest BCUT2D eigenvalue weighted by Crippen LogP contribution is -2.40. The number of hydrogen-bond acceptors (Lipinski definition) is 6. The van der Waals surface area contributed by atoms with Crippen LogP contribution in [0.2, 0.25) is 0 Å². The molecule has 1 unspecified atom stereocenters. The first-order chi connectivity index (χ1) is 9.99. The number of nitro groups is 1. The molecule has 114 valence electrons. The van der Waals surface area contributed by atoms with E-state index in [1.807, 2.05) is 4.90 Å². The van der Waals surface area contributed by atoms with Gasteiger partial charge in [-0.15, -0.1) is 0 Å². The number of piperidine rings is 1. The average Bonchev–Trinajstić information content (AvgIpc) is 2.45. The second-order valence-electron chi connectivity index (χ2n) is 5.11. The minimum Gasteiger partial charge on any atom is -0.481 e.